The van der Waals surface area contributed by atoms with Crippen LogP contribution in [0.4, 0.5) is 0 Å². The number of aromatic nitrogens is 2. The van der Waals surface area contributed by atoms with E-state index in [0.29, 0.717) is 34.9 Å². The minimum absolute atomic E-state index is 0.0381. The zero-order valence-corrected chi connectivity index (χ0v) is 17.1. The molecule has 1 aromatic heterocycles. The quantitative estimate of drug-likeness (QED) is 0.725. The number of rotatable bonds is 5. The lowest BCUT2D eigenvalue weighted by atomic mass is 9.77. The van der Waals surface area contributed by atoms with Crippen molar-refractivity contribution < 1.29 is 15.0 Å². The summed E-state index contributed by atoms with van der Waals surface area (Å²) in [7, 11) is 0. The molecular formula is C21H29N3O4. The van der Waals surface area contributed by atoms with E-state index in [1.165, 1.54) is 4.68 Å². The molecule has 1 fully saturated rings. The fourth-order valence-electron chi connectivity index (χ4n) is 3.74. The van der Waals surface area contributed by atoms with Gasteiger partial charge in [0.2, 0.25) is 5.91 Å². The Hall–Kier alpha value is -2.25. The van der Waals surface area contributed by atoms with Crippen LogP contribution in [-0.2, 0) is 16.9 Å². The van der Waals surface area contributed by atoms with Crippen molar-refractivity contribution in [3.8, 4) is 0 Å². The van der Waals surface area contributed by atoms with Crippen molar-refractivity contribution in [3.63, 3.8) is 0 Å². The lowest BCUT2D eigenvalue weighted by Gasteiger charge is -2.41. The highest BCUT2D eigenvalue weighted by atomic mass is 16.3. The summed E-state index contributed by atoms with van der Waals surface area (Å²) in [5, 5.41) is 28.6. The molecular weight excluding hydrogens is 358 g/mol. The molecule has 1 aliphatic rings. The summed E-state index contributed by atoms with van der Waals surface area (Å²) in [4.78, 5) is 25.2. The molecule has 28 heavy (non-hydrogen) atoms. The van der Waals surface area contributed by atoms with Crippen molar-refractivity contribution in [2.75, 3.05) is 0 Å². The molecule has 3 rings (SSSR count). The van der Waals surface area contributed by atoms with Gasteiger partial charge >= 0.3 is 0 Å². The number of hydrogen-bond acceptors (Lipinski definition) is 5. The minimum Gasteiger partial charge on any atom is -0.390 e. The summed E-state index contributed by atoms with van der Waals surface area (Å²) in [6.07, 6.45) is 1.02. The topological polar surface area (TPSA) is 104 Å². The highest BCUT2D eigenvalue weighted by molar-refractivity contribution is 5.85. The number of nitrogens with one attached hydrogen (secondary N) is 1. The van der Waals surface area contributed by atoms with Gasteiger partial charge in [0.05, 0.1) is 22.3 Å². The van der Waals surface area contributed by atoms with Gasteiger partial charge in [-0.2, -0.15) is 5.10 Å². The second kappa shape index (κ2) is 6.97. The highest BCUT2D eigenvalue weighted by Crippen LogP contribution is 2.31. The van der Waals surface area contributed by atoms with Crippen LogP contribution in [0, 0.1) is 0 Å². The fraction of sp³-hybridized carbons (Fsp3) is 0.571. The van der Waals surface area contributed by atoms with Crippen molar-refractivity contribution in [2.45, 2.75) is 77.2 Å². The van der Waals surface area contributed by atoms with Crippen LogP contribution in [-0.4, -0.2) is 37.5 Å². The molecule has 0 atom stereocenters. The first kappa shape index (κ1) is 20.5. The Labute approximate surface area is 164 Å². The van der Waals surface area contributed by atoms with Gasteiger partial charge in [-0.25, -0.2) is 4.68 Å². The van der Waals surface area contributed by atoms with Crippen LogP contribution in [0.5, 0.6) is 0 Å². The fourth-order valence-corrected chi connectivity index (χ4v) is 3.74. The number of amides is 1. The van der Waals surface area contributed by atoms with E-state index in [9.17, 15) is 19.8 Å². The molecule has 1 saturated carbocycles. The number of benzene rings is 1. The molecule has 0 unspecified atom stereocenters. The van der Waals surface area contributed by atoms with E-state index in [1.807, 2.05) is 13.8 Å². The number of aliphatic hydroxyl groups is 2. The smallest absolute Gasteiger partial charge is 0.275 e. The van der Waals surface area contributed by atoms with Crippen LogP contribution in [0.3, 0.4) is 0 Å². The SMILES string of the molecule is CC(C)c1nn(CC(=O)N[C@H]2C[C@@](C)(O)C2)c(=O)c2ccc(C(C)(C)O)cc12. The van der Waals surface area contributed by atoms with Crippen LogP contribution in [0.2, 0.25) is 0 Å². The second-order valence-corrected chi connectivity index (χ2v) is 8.99. The number of hydrogen-bond donors (Lipinski definition) is 3. The summed E-state index contributed by atoms with van der Waals surface area (Å²) in [6.45, 7) is 8.91. The maximum absolute atomic E-state index is 12.9. The number of carbonyl (C=O) groups excluding carboxylic acids is 1. The van der Waals surface area contributed by atoms with Crippen molar-refractivity contribution in [2.24, 2.45) is 0 Å². The molecule has 0 saturated heterocycles. The largest absolute Gasteiger partial charge is 0.390 e. The Balaban J connectivity index is 1.94. The van der Waals surface area contributed by atoms with E-state index in [2.05, 4.69) is 10.4 Å². The third-order valence-corrected chi connectivity index (χ3v) is 5.27. The first-order valence-electron chi connectivity index (χ1n) is 9.67. The summed E-state index contributed by atoms with van der Waals surface area (Å²) >= 11 is 0. The van der Waals surface area contributed by atoms with Crippen molar-refractivity contribution in [3.05, 3.63) is 39.8 Å². The first-order chi connectivity index (χ1) is 12.9. The molecule has 0 bridgehead atoms. The minimum atomic E-state index is -1.03. The predicted octanol–water partition coefficient (Wildman–Crippen LogP) is 1.78. The van der Waals surface area contributed by atoms with Gasteiger partial charge in [-0.3, -0.25) is 9.59 Å². The van der Waals surface area contributed by atoms with Gasteiger partial charge in [0.1, 0.15) is 6.54 Å². The molecule has 0 radical (unpaired) electrons. The lowest BCUT2D eigenvalue weighted by molar-refractivity contribution is -0.125. The van der Waals surface area contributed by atoms with E-state index < -0.39 is 11.2 Å². The molecule has 0 spiro atoms. The molecule has 1 amide bonds. The Kier molecular flexibility index (Phi) is 5.10. The Morgan fingerprint density at radius 1 is 1.36 bits per heavy atom. The third-order valence-electron chi connectivity index (χ3n) is 5.27. The average Bonchev–Trinajstić information content (AvgIpc) is 2.54. The van der Waals surface area contributed by atoms with E-state index in [4.69, 9.17) is 0 Å². The van der Waals surface area contributed by atoms with Crippen molar-refractivity contribution in [1.29, 1.82) is 0 Å². The molecule has 152 valence electrons. The number of fused-ring (bicyclic) bond motifs is 1. The van der Waals surface area contributed by atoms with Crippen molar-refractivity contribution in [1.82, 2.24) is 15.1 Å². The first-order valence-corrected chi connectivity index (χ1v) is 9.67. The van der Waals surface area contributed by atoms with Crippen LogP contribution in [0.15, 0.2) is 23.0 Å². The summed E-state index contributed by atoms with van der Waals surface area (Å²) < 4.78 is 1.20. The average molecular weight is 387 g/mol. The lowest BCUT2D eigenvalue weighted by Crippen LogP contribution is -2.54. The van der Waals surface area contributed by atoms with Crippen LogP contribution < -0.4 is 10.9 Å². The van der Waals surface area contributed by atoms with Gasteiger partial charge in [0.25, 0.3) is 5.56 Å². The molecule has 7 heteroatoms. The Morgan fingerprint density at radius 2 is 2.00 bits per heavy atom. The van der Waals surface area contributed by atoms with Gasteiger partial charge in [0, 0.05) is 11.4 Å². The molecule has 0 aliphatic heterocycles. The molecule has 3 N–H and O–H groups in total. The van der Waals surface area contributed by atoms with Gasteiger partial charge < -0.3 is 15.5 Å². The molecule has 1 heterocycles. The highest BCUT2D eigenvalue weighted by Gasteiger charge is 2.39. The molecule has 1 aromatic carbocycles. The zero-order valence-electron chi connectivity index (χ0n) is 17.1. The van der Waals surface area contributed by atoms with Gasteiger partial charge in [-0.15, -0.1) is 0 Å². The monoisotopic (exact) mass is 387 g/mol. The van der Waals surface area contributed by atoms with E-state index >= 15 is 0 Å². The Bertz CT molecular complexity index is 962. The zero-order chi connectivity index (χ0) is 20.9. The molecule has 2 aromatic rings. The summed E-state index contributed by atoms with van der Waals surface area (Å²) in [5.74, 6) is -0.256. The molecule has 7 nitrogen and oxygen atoms in total. The van der Waals surface area contributed by atoms with Gasteiger partial charge in [-0.1, -0.05) is 19.9 Å². The van der Waals surface area contributed by atoms with E-state index in [-0.39, 0.29) is 30.0 Å². The second-order valence-electron chi connectivity index (χ2n) is 8.99. The summed E-state index contributed by atoms with van der Waals surface area (Å²) in [6, 6.07) is 5.16. The number of carbonyl (C=O) groups is 1. The van der Waals surface area contributed by atoms with Crippen LogP contribution in [0.1, 0.15) is 64.6 Å². The number of nitrogens with zero attached hydrogens (tertiary/aromatic N) is 2. The maximum Gasteiger partial charge on any atom is 0.275 e. The van der Waals surface area contributed by atoms with Crippen LogP contribution >= 0.6 is 0 Å². The maximum atomic E-state index is 12.9. The van der Waals surface area contributed by atoms with E-state index in [1.54, 1.807) is 39.0 Å². The standard InChI is InChI=1S/C21H29N3O4/c1-12(2)18-16-8-13(20(3,4)27)6-7-15(16)19(26)24(23-18)11-17(25)22-14-9-21(5,28)10-14/h6-8,12,14,27-28H,9-11H2,1-5H3,(H,22,25)/t14-,21+. The normalized spacial score (nSPS) is 22.4. The van der Waals surface area contributed by atoms with Crippen molar-refractivity contribution >= 4 is 16.7 Å². The van der Waals surface area contributed by atoms with Gasteiger partial charge in [0.15, 0.2) is 0 Å². The Morgan fingerprint density at radius 3 is 2.54 bits per heavy atom. The third kappa shape index (κ3) is 4.10. The predicted molar refractivity (Wildman–Crippen MR) is 107 cm³/mol. The van der Waals surface area contributed by atoms with Crippen LogP contribution in [0.25, 0.3) is 10.8 Å². The summed E-state index contributed by atoms with van der Waals surface area (Å²) in [5.41, 5.74) is -0.673. The van der Waals surface area contributed by atoms with Gasteiger partial charge in [-0.05, 0) is 57.2 Å². The molecule has 1 aliphatic carbocycles. The van der Waals surface area contributed by atoms with E-state index in [0.717, 1.165) is 0 Å².